The fourth-order valence-electron chi connectivity index (χ4n) is 2.26. The molecule has 1 amide bonds. The molecule has 5 nitrogen and oxygen atoms in total. The number of nitrogens with zero attached hydrogens (tertiary/aromatic N) is 4. The van der Waals surface area contributed by atoms with Crippen molar-refractivity contribution in [2.45, 2.75) is 19.9 Å². The Kier molecular flexibility index (Phi) is 3.85. The number of amides is 1. The van der Waals surface area contributed by atoms with Gasteiger partial charge in [-0.2, -0.15) is 0 Å². The smallest absolute Gasteiger partial charge is 0.256 e. The maximum Gasteiger partial charge on any atom is 0.256 e. The minimum atomic E-state index is -0.0851. The van der Waals surface area contributed by atoms with Gasteiger partial charge < -0.3 is 4.90 Å². The van der Waals surface area contributed by atoms with Crippen molar-refractivity contribution in [3.8, 4) is 0 Å². The molecule has 0 fully saturated rings. The molecule has 0 bridgehead atoms. The first-order chi connectivity index (χ1) is 10.6. The zero-order valence-corrected chi connectivity index (χ0v) is 13.5. The SMILES string of the molecule is Cc1csc([C@H](C)N(C)C(=O)c2cccc3nccnc23)n1. The van der Waals surface area contributed by atoms with Crippen LogP contribution in [0.4, 0.5) is 0 Å². The van der Waals surface area contributed by atoms with Crippen LogP contribution in [0.2, 0.25) is 0 Å². The highest BCUT2D eigenvalue weighted by atomic mass is 32.1. The van der Waals surface area contributed by atoms with E-state index in [1.807, 2.05) is 31.4 Å². The van der Waals surface area contributed by atoms with E-state index in [0.717, 1.165) is 16.2 Å². The Balaban J connectivity index is 1.95. The number of carbonyl (C=O) groups excluding carboxylic acids is 1. The van der Waals surface area contributed by atoms with Crippen LogP contribution < -0.4 is 0 Å². The molecule has 0 aliphatic carbocycles. The molecule has 112 valence electrons. The number of rotatable bonds is 3. The van der Waals surface area contributed by atoms with Gasteiger partial charge >= 0.3 is 0 Å². The van der Waals surface area contributed by atoms with E-state index in [9.17, 15) is 4.79 Å². The van der Waals surface area contributed by atoms with Gasteiger partial charge in [0, 0.05) is 30.5 Å². The Bertz CT molecular complexity index is 824. The molecule has 2 heterocycles. The van der Waals surface area contributed by atoms with E-state index < -0.39 is 0 Å². The summed E-state index contributed by atoms with van der Waals surface area (Å²) in [4.78, 5) is 27.5. The summed E-state index contributed by atoms with van der Waals surface area (Å²) in [7, 11) is 1.79. The number of para-hydroxylation sites is 1. The lowest BCUT2D eigenvalue weighted by molar-refractivity contribution is 0.0744. The molecule has 0 saturated heterocycles. The lowest BCUT2D eigenvalue weighted by Gasteiger charge is -2.23. The summed E-state index contributed by atoms with van der Waals surface area (Å²) in [6, 6.07) is 5.39. The number of fused-ring (bicyclic) bond motifs is 1. The minimum Gasteiger partial charge on any atom is -0.332 e. The molecule has 2 aromatic heterocycles. The van der Waals surface area contributed by atoms with Gasteiger partial charge in [0.15, 0.2) is 0 Å². The number of thiazole rings is 1. The summed E-state index contributed by atoms with van der Waals surface area (Å²) >= 11 is 1.57. The molecular weight excluding hydrogens is 296 g/mol. The molecule has 1 atom stereocenters. The van der Waals surface area contributed by atoms with Crippen LogP contribution in [0.25, 0.3) is 11.0 Å². The van der Waals surface area contributed by atoms with Gasteiger partial charge in [-0.25, -0.2) is 4.98 Å². The van der Waals surface area contributed by atoms with Crippen LogP contribution in [-0.4, -0.2) is 32.8 Å². The van der Waals surface area contributed by atoms with Crippen LogP contribution in [0.3, 0.4) is 0 Å². The zero-order chi connectivity index (χ0) is 15.7. The second-order valence-electron chi connectivity index (χ2n) is 5.15. The van der Waals surface area contributed by atoms with Crippen LogP contribution >= 0.6 is 11.3 Å². The van der Waals surface area contributed by atoms with Gasteiger partial charge in [-0.15, -0.1) is 11.3 Å². The monoisotopic (exact) mass is 312 g/mol. The molecule has 3 rings (SSSR count). The molecule has 0 aliphatic rings. The minimum absolute atomic E-state index is 0.0774. The van der Waals surface area contributed by atoms with Gasteiger partial charge in [0.05, 0.1) is 17.1 Å². The summed E-state index contributed by atoms with van der Waals surface area (Å²) in [5.41, 5.74) is 2.89. The lowest BCUT2D eigenvalue weighted by Crippen LogP contribution is -2.30. The topological polar surface area (TPSA) is 59.0 Å². The van der Waals surface area contributed by atoms with E-state index in [-0.39, 0.29) is 11.9 Å². The normalized spacial score (nSPS) is 12.3. The van der Waals surface area contributed by atoms with E-state index in [4.69, 9.17) is 0 Å². The number of aromatic nitrogens is 3. The summed E-state index contributed by atoms with van der Waals surface area (Å²) in [6.07, 6.45) is 3.23. The molecule has 0 unspecified atom stereocenters. The van der Waals surface area contributed by atoms with Gasteiger partial charge in [-0.3, -0.25) is 14.8 Å². The Morgan fingerprint density at radius 2 is 2.05 bits per heavy atom. The number of aryl methyl sites for hydroxylation is 1. The van der Waals surface area contributed by atoms with Gasteiger partial charge in [0.2, 0.25) is 0 Å². The highest BCUT2D eigenvalue weighted by Gasteiger charge is 2.23. The van der Waals surface area contributed by atoms with Crippen molar-refractivity contribution in [1.82, 2.24) is 19.9 Å². The van der Waals surface area contributed by atoms with Gasteiger partial charge in [-0.05, 0) is 26.0 Å². The third kappa shape index (κ3) is 2.57. The molecule has 0 spiro atoms. The van der Waals surface area contributed by atoms with Crippen LogP contribution in [-0.2, 0) is 0 Å². The Morgan fingerprint density at radius 3 is 2.77 bits per heavy atom. The van der Waals surface area contributed by atoms with Crippen molar-refractivity contribution in [1.29, 1.82) is 0 Å². The largest absolute Gasteiger partial charge is 0.332 e. The average molecular weight is 312 g/mol. The second kappa shape index (κ2) is 5.81. The van der Waals surface area contributed by atoms with E-state index in [2.05, 4.69) is 15.0 Å². The Morgan fingerprint density at radius 1 is 1.27 bits per heavy atom. The summed E-state index contributed by atoms with van der Waals surface area (Å²) < 4.78 is 0. The number of benzene rings is 1. The molecule has 3 aromatic rings. The summed E-state index contributed by atoms with van der Waals surface area (Å²) in [5.74, 6) is -0.0774. The standard InChI is InChI=1S/C16H16N4OS/c1-10-9-22-15(19-10)11(2)20(3)16(21)12-5-4-6-13-14(12)18-8-7-17-13/h4-9,11H,1-3H3/t11-/m0/s1. The zero-order valence-electron chi connectivity index (χ0n) is 12.6. The number of hydrogen-bond acceptors (Lipinski definition) is 5. The fraction of sp³-hybridized carbons (Fsp3) is 0.250. The van der Waals surface area contributed by atoms with E-state index >= 15 is 0 Å². The maximum absolute atomic E-state index is 12.8. The first kappa shape index (κ1) is 14.6. The quantitative estimate of drug-likeness (QED) is 0.745. The van der Waals surface area contributed by atoms with Gasteiger partial charge in [0.1, 0.15) is 10.5 Å². The van der Waals surface area contributed by atoms with E-state index in [0.29, 0.717) is 11.1 Å². The van der Waals surface area contributed by atoms with Crippen LogP contribution in [0.5, 0.6) is 0 Å². The number of carbonyl (C=O) groups is 1. The predicted octanol–water partition coefficient (Wildman–Crippen LogP) is 3.23. The first-order valence-electron chi connectivity index (χ1n) is 6.97. The molecule has 6 heteroatoms. The molecule has 0 radical (unpaired) electrons. The molecule has 0 N–H and O–H groups in total. The molecule has 22 heavy (non-hydrogen) atoms. The van der Waals surface area contributed by atoms with Crippen molar-refractivity contribution in [3.63, 3.8) is 0 Å². The van der Waals surface area contributed by atoms with Crippen molar-refractivity contribution < 1.29 is 4.79 Å². The van der Waals surface area contributed by atoms with Crippen LogP contribution in [0, 0.1) is 6.92 Å². The Labute approximate surface area is 132 Å². The van der Waals surface area contributed by atoms with Crippen molar-refractivity contribution in [3.05, 3.63) is 52.2 Å². The van der Waals surface area contributed by atoms with E-state index in [1.165, 1.54) is 0 Å². The van der Waals surface area contributed by atoms with E-state index in [1.54, 1.807) is 41.7 Å². The first-order valence-corrected chi connectivity index (χ1v) is 7.85. The molecule has 0 saturated carbocycles. The second-order valence-corrected chi connectivity index (χ2v) is 6.04. The fourth-order valence-corrected chi connectivity index (χ4v) is 3.16. The lowest BCUT2D eigenvalue weighted by atomic mass is 10.1. The third-order valence-electron chi connectivity index (χ3n) is 3.62. The average Bonchev–Trinajstić information content (AvgIpc) is 2.98. The highest BCUT2D eigenvalue weighted by Crippen LogP contribution is 2.25. The van der Waals surface area contributed by atoms with Crippen LogP contribution in [0.1, 0.15) is 34.0 Å². The maximum atomic E-state index is 12.8. The highest BCUT2D eigenvalue weighted by molar-refractivity contribution is 7.09. The van der Waals surface area contributed by atoms with Gasteiger partial charge in [-0.1, -0.05) is 6.07 Å². The van der Waals surface area contributed by atoms with Crippen molar-refractivity contribution in [2.24, 2.45) is 0 Å². The van der Waals surface area contributed by atoms with Crippen LogP contribution in [0.15, 0.2) is 36.0 Å². The predicted molar refractivity (Wildman–Crippen MR) is 86.9 cm³/mol. The van der Waals surface area contributed by atoms with Crippen molar-refractivity contribution >= 4 is 28.3 Å². The summed E-state index contributed by atoms with van der Waals surface area (Å²) in [6.45, 7) is 3.93. The van der Waals surface area contributed by atoms with Gasteiger partial charge in [0.25, 0.3) is 5.91 Å². The Hall–Kier alpha value is -2.34. The molecular formula is C16H16N4OS. The molecule has 0 aliphatic heterocycles. The summed E-state index contributed by atoms with van der Waals surface area (Å²) in [5, 5.41) is 2.92. The number of hydrogen-bond donors (Lipinski definition) is 0. The molecule has 1 aromatic carbocycles. The van der Waals surface area contributed by atoms with Crippen molar-refractivity contribution in [2.75, 3.05) is 7.05 Å². The third-order valence-corrected chi connectivity index (χ3v) is 4.76.